The minimum Gasteiger partial charge on any atom is -0.507 e. The number of methoxy groups -OCH3 is 1. The highest BCUT2D eigenvalue weighted by Gasteiger charge is 2.23. The molecule has 0 aliphatic rings. The Kier molecular flexibility index (Phi) is 7.38. The molecule has 0 radical (unpaired) electrons. The van der Waals surface area contributed by atoms with E-state index in [1.165, 1.54) is 19.2 Å². The summed E-state index contributed by atoms with van der Waals surface area (Å²) < 4.78 is 35.7. The first-order chi connectivity index (χ1) is 11.6. The topological polar surface area (TPSA) is 118 Å². The van der Waals surface area contributed by atoms with Gasteiger partial charge in [-0.1, -0.05) is 30.3 Å². The lowest BCUT2D eigenvalue weighted by Crippen LogP contribution is -2.07. The molecule has 134 valence electrons. The largest absolute Gasteiger partial charge is 0.507 e. The Morgan fingerprint density at radius 3 is 2.04 bits per heavy atom. The number of carbonyl (C=O) groups is 2. The highest BCUT2D eigenvalue weighted by atomic mass is 35.5. The Bertz CT molecular complexity index is 876. The van der Waals surface area contributed by atoms with Gasteiger partial charge in [0.1, 0.15) is 16.4 Å². The summed E-state index contributed by atoms with van der Waals surface area (Å²) in [5.41, 5.74) is 0.0360. The summed E-state index contributed by atoms with van der Waals surface area (Å²) >= 11 is 8.80. The number of rotatable bonds is 4. The van der Waals surface area contributed by atoms with E-state index in [1.54, 1.807) is 18.2 Å². The Morgan fingerprint density at radius 2 is 1.60 bits per heavy atom. The van der Waals surface area contributed by atoms with Crippen molar-refractivity contribution in [2.45, 2.75) is 4.90 Å². The summed E-state index contributed by atoms with van der Waals surface area (Å²) in [6.45, 7) is 0. The minimum atomic E-state index is -4.59. The third-order valence-corrected chi connectivity index (χ3v) is 3.72. The number of aromatic hydroxyl groups is 1. The van der Waals surface area contributed by atoms with Gasteiger partial charge in [-0.15, -0.1) is 0 Å². The Balaban J connectivity index is 0.000000705. The third kappa shape index (κ3) is 6.02. The molecule has 0 unspecified atom stereocenters. The zero-order valence-electron chi connectivity index (χ0n) is 12.6. The van der Waals surface area contributed by atoms with Crippen molar-refractivity contribution in [2.75, 3.05) is 7.11 Å². The molecule has 0 amide bonds. The second kappa shape index (κ2) is 8.82. The molecule has 25 heavy (non-hydrogen) atoms. The van der Waals surface area contributed by atoms with Crippen LogP contribution in [0.5, 0.6) is 11.5 Å². The summed E-state index contributed by atoms with van der Waals surface area (Å²) in [6, 6.07) is 9.90. The normalized spacial score (nSPS) is 10.4. The van der Waals surface area contributed by atoms with E-state index in [9.17, 15) is 18.3 Å². The smallest absolute Gasteiger partial charge is 0.313 e. The van der Waals surface area contributed by atoms with Gasteiger partial charge < -0.3 is 9.84 Å². The van der Waals surface area contributed by atoms with E-state index in [0.29, 0.717) is 0 Å². The molecule has 0 spiro atoms. The van der Waals surface area contributed by atoms with E-state index in [2.05, 4.69) is 23.2 Å². The van der Waals surface area contributed by atoms with E-state index in [4.69, 9.17) is 14.1 Å². The fourth-order valence-corrected chi connectivity index (χ4v) is 2.50. The number of hydrogen-bond acceptors (Lipinski definition) is 6. The molecule has 10 heteroatoms. The number of ether oxygens (including phenoxy) is 1. The van der Waals surface area contributed by atoms with E-state index < -0.39 is 31.2 Å². The van der Waals surface area contributed by atoms with Crippen molar-refractivity contribution in [1.82, 2.24) is 0 Å². The molecular weight excluding hydrogens is 395 g/mol. The molecule has 0 saturated heterocycles. The zero-order valence-corrected chi connectivity index (χ0v) is 15.0. The Morgan fingerprint density at radius 1 is 1.08 bits per heavy atom. The summed E-state index contributed by atoms with van der Waals surface area (Å²) in [4.78, 5) is 20.7. The van der Waals surface area contributed by atoms with Crippen LogP contribution < -0.4 is 4.74 Å². The van der Waals surface area contributed by atoms with E-state index in [0.717, 1.165) is 12.1 Å². The zero-order chi connectivity index (χ0) is 19.2. The van der Waals surface area contributed by atoms with Crippen molar-refractivity contribution in [3.63, 3.8) is 0 Å². The Hall–Kier alpha value is -2.13. The van der Waals surface area contributed by atoms with Gasteiger partial charge >= 0.3 is 4.70 Å². The number of halogens is 2. The van der Waals surface area contributed by atoms with Crippen LogP contribution in [0.15, 0.2) is 47.4 Å². The van der Waals surface area contributed by atoms with Crippen molar-refractivity contribution in [1.29, 1.82) is 0 Å². The van der Waals surface area contributed by atoms with E-state index >= 15 is 0 Å². The van der Waals surface area contributed by atoms with Crippen LogP contribution in [0.2, 0.25) is 0 Å². The van der Waals surface area contributed by atoms with Crippen molar-refractivity contribution in [2.24, 2.45) is 0 Å². The number of carbonyl (C=O) groups excluding carboxylic acids is 2. The highest BCUT2D eigenvalue weighted by Crippen LogP contribution is 2.32. The third-order valence-electron chi connectivity index (χ3n) is 2.84. The molecule has 0 atom stereocenters. The van der Waals surface area contributed by atoms with Gasteiger partial charge in [-0.05, 0) is 29.3 Å². The second-order valence-corrected chi connectivity index (χ2v) is 6.69. The quantitative estimate of drug-likeness (QED) is 0.453. The first-order valence-corrected chi connectivity index (χ1v) is 8.60. The molecule has 7 nitrogen and oxygen atoms in total. The first kappa shape index (κ1) is 20.9. The Labute approximate surface area is 153 Å². The SMILES string of the molecule is COc1cc(O)c(C(=O)c2ccccc2)cc1S(=O)(=O)O.O=C(Cl)Cl. The van der Waals surface area contributed by atoms with Crippen LogP contribution in [-0.4, -0.2) is 35.7 Å². The number of hydrogen-bond donors (Lipinski definition) is 2. The average Bonchev–Trinajstić information content (AvgIpc) is 2.53. The second-order valence-electron chi connectivity index (χ2n) is 4.42. The molecule has 0 fully saturated rings. The van der Waals surface area contributed by atoms with Crippen LogP contribution in [0.3, 0.4) is 0 Å². The number of ketones is 1. The number of benzene rings is 2. The van der Waals surface area contributed by atoms with Crippen molar-refractivity contribution in [3.05, 3.63) is 53.6 Å². The van der Waals surface area contributed by atoms with Gasteiger partial charge in [-0.3, -0.25) is 14.1 Å². The first-order valence-electron chi connectivity index (χ1n) is 6.41. The summed E-state index contributed by atoms with van der Waals surface area (Å²) in [7, 11) is -3.41. The van der Waals surface area contributed by atoms with Crippen LogP contribution in [0.4, 0.5) is 4.79 Å². The summed E-state index contributed by atoms with van der Waals surface area (Å²) in [6.07, 6.45) is 0. The van der Waals surface area contributed by atoms with Crippen molar-refractivity contribution < 1.29 is 32.4 Å². The molecule has 0 aromatic heterocycles. The maximum absolute atomic E-state index is 12.3. The lowest BCUT2D eigenvalue weighted by molar-refractivity contribution is 0.103. The molecule has 2 aromatic rings. The fourth-order valence-electron chi connectivity index (χ4n) is 1.84. The molecule has 0 bridgehead atoms. The molecule has 2 rings (SSSR count). The lowest BCUT2D eigenvalue weighted by Gasteiger charge is -2.10. The van der Waals surface area contributed by atoms with Gasteiger partial charge in [0.05, 0.1) is 12.7 Å². The van der Waals surface area contributed by atoms with Crippen molar-refractivity contribution >= 4 is 43.8 Å². The van der Waals surface area contributed by atoms with Crippen LogP contribution in [0, 0.1) is 0 Å². The molecule has 2 aromatic carbocycles. The minimum absolute atomic E-state index is 0.241. The maximum atomic E-state index is 12.3. The van der Waals surface area contributed by atoms with Crippen molar-refractivity contribution in [3.8, 4) is 11.5 Å². The number of phenolic OH excluding ortho intramolecular Hbond substituents is 1. The van der Waals surface area contributed by atoms with Gasteiger partial charge in [0.2, 0.25) is 0 Å². The van der Waals surface area contributed by atoms with Gasteiger partial charge in [0.15, 0.2) is 5.78 Å². The highest BCUT2D eigenvalue weighted by molar-refractivity contribution is 7.86. The molecule has 0 saturated carbocycles. The van der Waals surface area contributed by atoms with Gasteiger partial charge in [0, 0.05) is 11.6 Å². The van der Waals surface area contributed by atoms with Crippen LogP contribution >= 0.6 is 23.2 Å². The average molecular weight is 407 g/mol. The monoisotopic (exact) mass is 406 g/mol. The molecule has 0 heterocycles. The fraction of sp³-hybridized carbons (Fsp3) is 0.0667. The number of phenols is 1. The van der Waals surface area contributed by atoms with Gasteiger partial charge in [-0.2, -0.15) is 8.42 Å². The van der Waals surface area contributed by atoms with E-state index in [-0.39, 0.29) is 16.9 Å². The van der Waals surface area contributed by atoms with Gasteiger partial charge in [-0.25, -0.2) is 0 Å². The molecule has 0 aliphatic carbocycles. The van der Waals surface area contributed by atoms with E-state index in [1.807, 2.05) is 0 Å². The predicted octanol–water partition coefficient (Wildman–Crippen LogP) is 3.46. The van der Waals surface area contributed by atoms with Crippen LogP contribution in [-0.2, 0) is 10.1 Å². The summed E-state index contributed by atoms with van der Waals surface area (Å²) in [5, 5.41) is 9.87. The lowest BCUT2D eigenvalue weighted by atomic mass is 10.0. The predicted molar refractivity (Wildman–Crippen MR) is 91.4 cm³/mol. The summed E-state index contributed by atoms with van der Waals surface area (Å²) in [5.74, 6) is -1.26. The maximum Gasteiger partial charge on any atom is 0.313 e. The molecule has 0 aliphatic heterocycles. The molecule has 2 N–H and O–H groups in total. The van der Waals surface area contributed by atoms with Crippen LogP contribution in [0.1, 0.15) is 15.9 Å². The molecular formula is C15H12Cl2O7S. The van der Waals surface area contributed by atoms with Gasteiger partial charge in [0.25, 0.3) is 10.1 Å². The van der Waals surface area contributed by atoms with Crippen LogP contribution in [0.25, 0.3) is 0 Å². The standard InChI is InChI=1S/C14H12O6S.CCl2O/c1-20-12-8-11(15)10(7-13(12)21(17,18)19)14(16)9-5-3-2-4-6-9;2-1(3)4/h2-8,15H,1H3,(H,17,18,19);.